The van der Waals surface area contributed by atoms with Gasteiger partial charge in [0.1, 0.15) is 5.01 Å². The fourth-order valence-corrected chi connectivity index (χ4v) is 2.68. The van der Waals surface area contributed by atoms with Gasteiger partial charge >= 0.3 is 0 Å². The van der Waals surface area contributed by atoms with E-state index in [9.17, 15) is 0 Å². The Hall–Kier alpha value is -0.780. The van der Waals surface area contributed by atoms with Crippen LogP contribution in [0.3, 0.4) is 0 Å². The Bertz CT molecular complexity index is 394. The molecule has 14 heavy (non-hydrogen) atoms. The lowest BCUT2D eigenvalue weighted by Gasteiger charge is -2.04. The summed E-state index contributed by atoms with van der Waals surface area (Å²) in [4.78, 5) is 9.74. The second kappa shape index (κ2) is 4.16. The Balaban J connectivity index is 2.26. The van der Waals surface area contributed by atoms with Crippen molar-refractivity contribution in [2.75, 3.05) is 7.05 Å². The highest BCUT2D eigenvalue weighted by Gasteiger charge is 2.09. The molecule has 2 aromatic rings. The van der Waals surface area contributed by atoms with E-state index < -0.39 is 0 Å². The van der Waals surface area contributed by atoms with Crippen molar-refractivity contribution < 1.29 is 0 Å². The predicted molar refractivity (Wildman–Crippen MR) is 60.7 cm³/mol. The summed E-state index contributed by atoms with van der Waals surface area (Å²) in [6.07, 6.45) is 1.86. The van der Waals surface area contributed by atoms with Gasteiger partial charge in [-0.3, -0.25) is 4.98 Å². The molecule has 0 saturated carbocycles. The quantitative estimate of drug-likeness (QED) is 0.872. The van der Waals surface area contributed by atoms with Gasteiger partial charge in [0, 0.05) is 17.6 Å². The second-order valence-corrected chi connectivity index (χ2v) is 4.70. The minimum atomic E-state index is 0.313. The molecule has 0 spiro atoms. The fraction of sp³-hybridized carbons (Fsp3) is 0.333. The van der Waals surface area contributed by atoms with Crippen LogP contribution >= 0.6 is 22.7 Å². The van der Waals surface area contributed by atoms with Crippen molar-refractivity contribution in [2.24, 2.45) is 0 Å². The van der Waals surface area contributed by atoms with Crippen molar-refractivity contribution in [1.82, 2.24) is 15.3 Å². The molecule has 0 radical (unpaired) electrons. The number of hydrogen-bond donors (Lipinski definition) is 1. The van der Waals surface area contributed by atoms with Crippen LogP contribution in [-0.2, 0) is 0 Å². The van der Waals surface area contributed by atoms with Crippen LogP contribution in [-0.4, -0.2) is 17.0 Å². The van der Waals surface area contributed by atoms with Crippen LogP contribution in [0.25, 0.3) is 9.88 Å². The Morgan fingerprint density at radius 3 is 2.93 bits per heavy atom. The van der Waals surface area contributed by atoms with Gasteiger partial charge in [-0.05, 0) is 14.0 Å². The maximum Gasteiger partial charge on any atom is 0.135 e. The van der Waals surface area contributed by atoms with Gasteiger partial charge in [-0.25, -0.2) is 4.98 Å². The number of aromatic nitrogens is 2. The maximum atomic E-state index is 4.55. The van der Waals surface area contributed by atoms with Gasteiger partial charge in [-0.1, -0.05) is 0 Å². The van der Waals surface area contributed by atoms with Gasteiger partial charge in [-0.2, -0.15) is 0 Å². The molecule has 0 aliphatic heterocycles. The second-order valence-electron chi connectivity index (χ2n) is 2.95. The molecule has 0 saturated heterocycles. The standard InChI is InChI=1S/C9H11N3S2/c1-6(10-2)7-4-13-9(12-7)8-3-11-5-14-8/h3-6,10H,1-2H3. The van der Waals surface area contributed by atoms with Crippen LogP contribution in [0.5, 0.6) is 0 Å². The van der Waals surface area contributed by atoms with E-state index in [4.69, 9.17) is 0 Å². The summed E-state index contributed by atoms with van der Waals surface area (Å²) in [5.41, 5.74) is 2.93. The van der Waals surface area contributed by atoms with E-state index in [0.29, 0.717) is 6.04 Å². The summed E-state index contributed by atoms with van der Waals surface area (Å²) in [6, 6.07) is 0.313. The summed E-state index contributed by atoms with van der Waals surface area (Å²) in [6.45, 7) is 2.10. The molecule has 0 fully saturated rings. The molecule has 1 atom stereocenters. The zero-order valence-corrected chi connectivity index (χ0v) is 9.65. The van der Waals surface area contributed by atoms with Gasteiger partial charge in [0.15, 0.2) is 0 Å². The lowest BCUT2D eigenvalue weighted by molar-refractivity contribution is 0.637. The van der Waals surface area contributed by atoms with E-state index in [1.54, 1.807) is 22.7 Å². The van der Waals surface area contributed by atoms with Crippen LogP contribution < -0.4 is 5.32 Å². The molecular weight excluding hydrogens is 214 g/mol. The number of thiazole rings is 2. The molecule has 5 heteroatoms. The largest absolute Gasteiger partial charge is 0.312 e. The summed E-state index contributed by atoms with van der Waals surface area (Å²) < 4.78 is 0. The van der Waals surface area contributed by atoms with E-state index in [1.807, 2.05) is 18.8 Å². The van der Waals surface area contributed by atoms with E-state index in [0.717, 1.165) is 15.6 Å². The minimum absolute atomic E-state index is 0.313. The van der Waals surface area contributed by atoms with Gasteiger partial charge in [0.05, 0.1) is 16.1 Å². The first-order valence-electron chi connectivity index (χ1n) is 4.33. The minimum Gasteiger partial charge on any atom is -0.312 e. The van der Waals surface area contributed by atoms with E-state index >= 15 is 0 Å². The maximum absolute atomic E-state index is 4.55. The summed E-state index contributed by atoms with van der Waals surface area (Å²) in [7, 11) is 1.94. The van der Waals surface area contributed by atoms with Crippen LogP contribution in [0.1, 0.15) is 18.7 Å². The summed E-state index contributed by atoms with van der Waals surface area (Å²) in [5.74, 6) is 0. The molecule has 3 nitrogen and oxygen atoms in total. The van der Waals surface area contributed by atoms with Crippen molar-refractivity contribution in [3.05, 3.63) is 22.8 Å². The number of nitrogens with zero attached hydrogens (tertiary/aromatic N) is 2. The third kappa shape index (κ3) is 1.84. The third-order valence-electron chi connectivity index (χ3n) is 2.04. The average molecular weight is 225 g/mol. The number of nitrogens with one attached hydrogen (secondary N) is 1. The Labute approximate surface area is 90.9 Å². The molecular formula is C9H11N3S2. The van der Waals surface area contributed by atoms with Gasteiger partial charge in [-0.15, -0.1) is 22.7 Å². The highest BCUT2D eigenvalue weighted by Crippen LogP contribution is 2.28. The van der Waals surface area contributed by atoms with E-state index in [-0.39, 0.29) is 0 Å². The van der Waals surface area contributed by atoms with E-state index in [2.05, 4.69) is 27.6 Å². The highest BCUT2D eigenvalue weighted by molar-refractivity contribution is 7.19. The van der Waals surface area contributed by atoms with Crippen molar-refractivity contribution in [3.63, 3.8) is 0 Å². The monoisotopic (exact) mass is 225 g/mol. The van der Waals surface area contributed by atoms with E-state index in [1.165, 1.54) is 0 Å². The lowest BCUT2D eigenvalue weighted by Crippen LogP contribution is -2.12. The zero-order chi connectivity index (χ0) is 9.97. The molecule has 1 unspecified atom stereocenters. The molecule has 2 rings (SSSR count). The van der Waals surface area contributed by atoms with Crippen LogP contribution in [0.2, 0.25) is 0 Å². The highest BCUT2D eigenvalue weighted by atomic mass is 32.1. The SMILES string of the molecule is CNC(C)c1csc(-c2cncs2)n1. The first-order chi connectivity index (χ1) is 6.81. The predicted octanol–water partition coefficient (Wildman–Crippen LogP) is 2.55. The van der Waals surface area contributed by atoms with Gasteiger partial charge in [0.25, 0.3) is 0 Å². The number of hydrogen-bond acceptors (Lipinski definition) is 5. The Morgan fingerprint density at radius 1 is 1.43 bits per heavy atom. The molecule has 0 aromatic carbocycles. The van der Waals surface area contributed by atoms with Crippen molar-refractivity contribution >= 4 is 22.7 Å². The molecule has 0 aliphatic carbocycles. The molecule has 74 valence electrons. The first-order valence-corrected chi connectivity index (χ1v) is 6.08. The van der Waals surface area contributed by atoms with Crippen molar-refractivity contribution in [3.8, 4) is 9.88 Å². The van der Waals surface area contributed by atoms with Crippen LogP contribution in [0.15, 0.2) is 17.1 Å². The molecule has 2 heterocycles. The van der Waals surface area contributed by atoms with Crippen LogP contribution in [0, 0.1) is 0 Å². The number of rotatable bonds is 3. The fourth-order valence-electron chi connectivity index (χ4n) is 1.07. The molecule has 0 aliphatic rings. The smallest absolute Gasteiger partial charge is 0.135 e. The zero-order valence-electron chi connectivity index (χ0n) is 8.02. The molecule has 0 amide bonds. The van der Waals surface area contributed by atoms with Crippen molar-refractivity contribution in [1.29, 1.82) is 0 Å². The Morgan fingerprint density at radius 2 is 2.29 bits per heavy atom. The average Bonchev–Trinajstić information content (AvgIpc) is 2.86. The molecule has 0 bridgehead atoms. The third-order valence-corrected chi connectivity index (χ3v) is 3.84. The summed E-state index contributed by atoms with van der Waals surface area (Å²) in [5, 5.41) is 6.33. The normalized spacial score (nSPS) is 13.0. The summed E-state index contributed by atoms with van der Waals surface area (Å²) >= 11 is 3.30. The topological polar surface area (TPSA) is 37.8 Å². The van der Waals surface area contributed by atoms with Gasteiger partial charge < -0.3 is 5.32 Å². The first kappa shape index (κ1) is 9.76. The molecule has 2 aromatic heterocycles. The van der Waals surface area contributed by atoms with Crippen LogP contribution in [0.4, 0.5) is 0 Å². The Kier molecular flexibility index (Phi) is 2.90. The van der Waals surface area contributed by atoms with Gasteiger partial charge in [0.2, 0.25) is 0 Å². The lowest BCUT2D eigenvalue weighted by atomic mass is 10.3. The van der Waals surface area contributed by atoms with Crippen molar-refractivity contribution in [2.45, 2.75) is 13.0 Å². The molecule has 1 N–H and O–H groups in total.